The minimum Gasteiger partial charge on any atom is -0.480 e. The Bertz CT molecular complexity index is 432. The molecule has 18 heavy (non-hydrogen) atoms. The fourth-order valence-electron chi connectivity index (χ4n) is 1.32. The number of hydrogen-bond acceptors (Lipinski definition) is 4. The van der Waals surface area contributed by atoms with Crippen LogP contribution in [0.5, 0.6) is 5.75 Å². The van der Waals surface area contributed by atoms with Gasteiger partial charge >= 0.3 is 5.97 Å². The van der Waals surface area contributed by atoms with Crippen molar-refractivity contribution in [2.75, 3.05) is 6.61 Å². The first-order chi connectivity index (χ1) is 8.43. The minimum absolute atomic E-state index is 0.209. The predicted octanol–water partition coefficient (Wildman–Crippen LogP) is 2.82. The Labute approximate surface area is 115 Å². The van der Waals surface area contributed by atoms with E-state index in [0.29, 0.717) is 10.6 Å². The van der Waals surface area contributed by atoms with E-state index < -0.39 is 5.97 Å². The van der Waals surface area contributed by atoms with Crippen molar-refractivity contribution in [2.45, 2.75) is 26.6 Å². The van der Waals surface area contributed by atoms with Crippen molar-refractivity contribution in [3.63, 3.8) is 0 Å². The summed E-state index contributed by atoms with van der Waals surface area (Å²) >= 11 is 11.7. The fraction of sp³-hybridized carbons (Fsp3) is 0.417. The zero-order valence-electron chi connectivity index (χ0n) is 10.1. The van der Waals surface area contributed by atoms with Crippen LogP contribution in [0.3, 0.4) is 0 Å². The molecule has 6 heteroatoms. The van der Waals surface area contributed by atoms with Crippen LogP contribution >= 0.6 is 23.2 Å². The summed E-state index contributed by atoms with van der Waals surface area (Å²) in [4.78, 5) is 11.3. The quantitative estimate of drug-likeness (QED) is 0.848. The lowest BCUT2D eigenvalue weighted by Crippen LogP contribution is -2.19. The molecule has 4 nitrogen and oxygen atoms in total. The minimum atomic E-state index is -0.500. The van der Waals surface area contributed by atoms with Crippen molar-refractivity contribution < 1.29 is 19.4 Å². The van der Waals surface area contributed by atoms with E-state index in [9.17, 15) is 4.79 Å². The molecule has 0 fully saturated rings. The highest BCUT2D eigenvalue weighted by Crippen LogP contribution is 2.32. The molecule has 0 heterocycles. The maximum atomic E-state index is 11.3. The summed E-state index contributed by atoms with van der Waals surface area (Å²) in [5, 5.41) is 9.79. The summed E-state index contributed by atoms with van der Waals surface area (Å²) in [6.45, 7) is 2.93. The van der Waals surface area contributed by atoms with Gasteiger partial charge in [-0.2, -0.15) is 0 Å². The SMILES string of the molecule is CC(C)OC(=O)COc1c(Cl)cc(Cl)cc1CO. The van der Waals surface area contributed by atoms with Crippen LogP contribution in [0.25, 0.3) is 0 Å². The maximum Gasteiger partial charge on any atom is 0.344 e. The van der Waals surface area contributed by atoms with E-state index in [1.807, 2.05) is 0 Å². The van der Waals surface area contributed by atoms with E-state index in [-0.39, 0.29) is 30.1 Å². The van der Waals surface area contributed by atoms with E-state index >= 15 is 0 Å². The van der Waals surface area contributed by atoms with Crippen LogP contribution in [-0.4, -0.2) is 23.8 Å². The third-order valence-electron chi connectivity index (χ3n) is 1.96. The molecule has 1 aromatic rings. The van der Waals surface area contributed by atoms with Gasteiger partial charge < -0.3 is 14.6 Å². The largest absolute Gasteiger partial charge is 0.480 e. The molecule has 0 atom stereocenters. The van der Waals surface area contributed by atoms with Crippen LogP contribution in [-0.2, 0) is 16.1 Å². The maximum absolute atomic E-state index is 11.3. The topological polar surface area (TPSA) is 55.8 Å². The van der Waals surface area contributed by atoms with Crippen LogP contribution in [0.4, 0.5) is 0 Å². The molecular weight excluding hydrogens is 279 g/mol. The molecule has 0 unspecified atom stereocenters. The summed E-state index contributed by atoms with van der Waals surface area (Å²) in [5.74, 6) is -0.260. The number of ether oxygens (including phenoxy) is 2. The van der Waals surface area contributed by atoms with Crippen molar-refractivity contribution in [1.29, 1.82) is 0 Å². The molecular formula is C12H14Cl2O4. The van der Waals surface area contributed by atoms with Crippen molar-refractivity contribution in [1.82, 2.24) is 0 Å². The molecule has 0 aliphatic rings. The molecule has 0 radical (unpaired) electrons. The van der Waals surface area contributed by atoms with Gasteiger partial charge in [-0.25, -0.2) is 4.79 Å². The van der Waals surface area contributed by atoms with Crippen molar-refractivity contribution in [3.8, 4) is 5.75 Å². The molecule has 1 rings (SSSR count). The Morgan fingerprint density at radius 3 is 2.61 bits per heavy atom. The number of esters is 1. The van der Waals surface area contributed by atoms with Gasteiger partial charge in [0.15, 0.2) is 6.61 Å². The monoisotopic (exact) mass is 292 g/mol. The van der Waals surface area contributed by atoms with Gasteiger partial charge in [-0.15, -0.1) is 0 Å². The molecule has 100 valence electrons. The first-order valence-corrected chi connectivity index (χ1v) is 6.10. The summed E-state index contributed by atoms with van der Waals surface area (Å²) < 4.78 is 10.2. The summed E-state index contributed by atoms with van der Waals surface area (Å²) in [6.07, 6.45) is -0.209. The molecule has 0 saturated carbocycles. The lowest BCUT2D eigenvalue weighted by Gasteiger charge is -2.13. The summed E-state index contributed by atoms with van der Waals surface area (Å²) in [5.41, 5.74) is 0.421. The van der Waals surface area contributed by atoms with Crippen molar-refractivity contribution in [2.24, 2.45) is 0 Å². The molecule has 0 saturated heterocycles. The third-order valence-corrected chi connectivity index (χ3v) is 2.46. The molecule has 0 spiro atoms. The zero-order valence-corrected chi connectivity index (χ0v) is 11.6. The number of halogens is 2. The van der Waals surface area contributed by atoms with Crippen molar-refractivity contribution >= 4 is 29.2 Å². The highest BCUT2D eigenvalue weighted by Gasteiger charge is 2.13. The lowest BCUT2D eigenvalue weighted by atomic mass is 10.2. The predicted molar refractivity (Wildman–Crippen MR) is 69.1 cm³/mol. The van der Waals surface area contributed by atoms with Gasteiger partial charge in [0.05, 0.1) is 17.7 Å². The Balaban J connectivity index is 2.75. The second-order valence-electron chi connectivity index (χ2n) is 3.86. The Morgan fingerprint density at radius 2 is 2.06 bits per heavy atom. The normalized spacial score (nSPS) is 10.6. The standard InChI is InChI=1S/C12H14Cl2O4/c1-7(2)18-11(16)6-17-12-8(5-15)3-9(13)4-10(12)14/h3-4,7,15H,5-6H2,1-2H3. The lowest BCUT2D eigenvalue weighted by molar-refractivity contribution is -0.149. The Kier molecular flexibility index (Phi) is 5.72. The first-order valence-electron chi connectivity index (χ1n) is 5.35. The van der Waals surface area contributed by atoms with Crippen LogP contribution in [0.2, 0.25) is 10.0 Å². The van der Waals surface area contributed by atoms with Gasteiger partial charge in [0.1, 0.15) is 5.75 Å². The molecule has 0 aliphatic heterocycles. The second-order valence-corrected chi connectivity index (χ2v) is 4.70. The van der Waals surface area contributed by atoms with E-state index in [2.05, 4.69) is 0 Å². The number of carbonyl (C=O) groups excluding carboxylic acids is 1. The molecule has 0 amide bonds. The summed E-state index contributed by atoms with van der Waals surface area (Å²) in [6, 6.07) is 3.00. The van der Waals surface area contributed by atoms with E-state index in [0.717, 1.165) is 0 Å². The smallest absolute Gasteiger partial charge is 0.344 e. The number of benzene rings is 1. The fourth-order valence-corrected chi connectivity index (χ4v) is 1.91. The summed E-state index contributed by atoms with van der Waals surface area (Å²) in [7, 11) is 0. The number of hydrogen-bond donors (Lipinski definition) is 1. The second kappa shape index (κ2) is 6.83. The average Bonchev–Trinajstić information content (AvgIpc) is 2.25. The molecule has 1 aromatic carbocycles. The number of aliphatic hydroxyl groups excluding tert-OH is 1. The molecule has 1 N–H and O–H groups in total. The van der Waals surface area contributed by atoms with E-state index in [1.165, 1.54) is 12.1 Å². The highest BCUT2D eigenvalue weighted by molar-refractivity contribution is 6.35. The Hall–Kier alpha value is -0.970. The van der Waals surface area contributed by atoms with Gasteiger partial charge in [-0.1, -0.05) is 23.2 Å². The number of rotatable bonds is 5. The van der Waals surface area contributed by atoms with Gasteiger partial charge in [-0.3, -0.25) is 0 Å². The van der Waals surface area contributed by atoms with Crippen LogP contribution in [0.1, 0.15) is 19.4 Å². The van der Waals surface area contributed by atoms with Crippen LogP contribution in [0, 0.1) is 0 Å². The van der Waals surface area contributed by atoms with Gasteiger partial charge in [0.25, 0.3) is 0 Å². The molecule has 0 aliphatic carbocycles. The van der Waals surface area contributed by atoms with Crippen LogP contribution < -0.4 is 4.74 Å². The van der Waals surface area contributed by atoms with Gasteiger partial charge in [0.2, 0.25) is 0 Å². The third kappa shape index (κ3) is 4.37. The van der Waals surface area contributed by atoms with E-state index in [4.69, 9.17) is 37.8 Å². The highest BCUT2D eigenvalue weighted by atomic mass is 35.5. The molecule has 0 aromatic heterocycles. The molecule has 0 bridgehead atoms. The van der Waals surface area contributed by atoms with Gasteiger partial charge in [0, 0.05) is 10.6 Å². The van der Waals surface area contributed by atoms with Crippen LogP contribution in [0.15, 0.2) is 12.1 Å². The van der Waals surface area contributed by atoms with Gasteiger partial charge in [-0.05, 0) is 26.0 Å². The Morgan fingerprint density at radius 1 is 1.39 bits per heavy atom. The zero-order chi connectivity index (χ0) is 13.7. The first kappa shape index (κ1) is 15.1. The number of carbonyl (C=O) groups is 1. The van der Waals surface area contributed by atoms with Crippen molar-refractivity contribution in [3.05, 3.63) is 27.7 Å². The van der Waals surface area contributed by atoms with E-state index in [1.54, 1.807) is 13.8 Å². The average molecular weight is 293 g/mol. The number of aliphatic hydroxyl groups is 1.